The Labute approximate surface area is 158 Å². The summed E-state index contributed by atoms with van der Waals surface area (Å²) in [5.41, 5.74) is 0.487. The van der Waals surface area contributed by atoms with Crippen molar-refractivity contribution in [3.63, 3.8) is 0 Å². The highest BCUT2D eigenvalue weighted by Crippen LogP contribution is 2.30. The maximum Gasteiger partial charge on any atom is 0.243 e. The van der Waals surface area contributed by atoms with Crippen LogP contribution in [0.15, 0.2) is 23.1 Å². The van der Waals surface area contributed by atoms with Crippen molar-refractivity contribution in [3.8, 4) is 0 Å². The number of sulfonamides is 2. The van der Waals surface area contributed by atoms with Gasteiger partial charge in [0.05, 0.1) is 16.3 Å². The highest BCUT2D eigenvalue weighted by Gasteiger charge is 2.37. The molecule has 2 heterocycles. The largest absolute Gasteiger partial charge is 0.340 e. The lowest BCUT2D eigenvalue weighted by molar-refractivity contribution is -0.130. The summed E-state index contributed by atoms with van der Waals surface area (Å²) in [6.07, 6.45) is -0.120. The summed E-state index contributed by atoms with van der Waals surface area (Å²) in [6, 6.07) is 4.17. The summed E-state index contributed by atoms with van der Waals surface area (Å²) >= 11 is 0. The van der Waals surface area contributed by atoms with Crippen LogP contribution in [0, 0.1) is 6.92 Å². The van der Waals surface area contributed by atoms with E-state index in [9.17, 15) is 26.4 Å². The molecule has 0 spiro atoms. The van der Waals surface area contributed by atoms with E-state index in [1.54, 1.807) is 11.8 Å². The first-order chi connectivity index (χ1) is 12.5. The molecule has 0 aromatic heterocycles. The summed E-state index contributed by atoms with van der Waals surface area (Å²) in [6.45, 7) is 3.96. The number of carbonyl (C=O) groups excluding carboxylic acids is 2. The molecule has 0 radical (unpaired) electrons. The minimum Gasteiger partial charge on any atom is -0.340 e. The normalized spacial score (nSPS) is 20.9. The molecule has 2 amide bonds. The average Bonchev–Trinajstić information content (AvgIpc) is 2.88. The van der Waals surface area contributed by atoms with Gasteiger partial charge in [-0.3, -0.25) is 9.59 Å². The van der Waals surface area contributed by atoms with Gasteiger partial charge in [0.1, 0.15) is 0 Å². The van der Waals surface area contributed by atoms with Crippen LogP contribution in [0.1, 0.15) is 18.9 Å². The van der Waals surface area contributed by atoms with Crippen LogP contribution in [0.3, 0.4) is 0 Å². The molecule has 2 aliphatic rings. The molecule has 1 aromatic carbocycles. The first-order valence-corrected chi connectivity index (χ1v) is 11.5. The monoisotopic (exact) mass is 415 g/mol. The van der Waals surface area contributed by atoms with Gasteiger partial charge in [-0.25, -0.2) is 21.1 Å². The number of amides is 2. The lowest BCUT2D eigenvalue weighted by atomic mass is 10.2. The average molecular weight is 415 g/mol. The zero-order valence-electron chi connectivity index (χ0n) is 15.1. The molecule has 0 unspecified atom stereocenters. The van der Waals surface area contributed by atoms with Gasteiger partial charge in [-0.2, -0.15) is 4.31 Å². The molecule has 148 valence electrons. The molecular formula is C16H21N3O6S2. The van der Waals surface area contributed by atoms with Crippen molar-refractivity contribution in [1.82, 2.24) is 9.21 Å². The molecule has 1 aromatic rings. The van der Waals surface area contributed by atoms with Crippen molar-refractivity contribution in [1.29, 1.82) is 0 Å². The number of anilines is 1. The topological polar surface area (TPSA) is 112 Å². The molecule has 2 fully saturated rings. The minimum absolute atomic E-state index is 0.0315. The molecule has 2 saturated heterocycles. The summed E-state index contributed by atoms with van der Waals surface area (Å²) in [7, 11) is -7.66. The number of benzene rings is 1. The van der Waals surface area contributed by atoms with E-state index in [0.717, 1.165) is 0 Å². The first-order valence-electron chi connectivity index (χ1n) is 8.46. The van der Waals surface area contributed by atoms with E-state index in [-0.39, 0.29) is 41.8 Å². The van der Waals surface area contributed by atoms with Crippen molar-refractivity contribution < 1.29 is 26.4 Å². The number of hydrogen-bond donors (Lipinski definition) is 0. The van der Waals surface area contributed by atoms with Crippen LogP contribution in [-0.4, -0.2) is 69.8 Å². The van der Waals surface area contributed by atoms with E-state index in [2.05, 4.69) is 0 Å². The quantitative estimate of drug-likeness (QED) is 0.682. The summed E-state index contributed by atoms with van der Waals surface area (Å²) in [5, 5.41) is 0. The third kappa shape index (κ3) is 3.58. The Kier molecular flexibility index (Phi) is 5.04. The van der Waals surface area contributed by atoms with Crippen LogP contribution in [0.2, 0.25) is 0 Å². The van der Waals surface area contributed by atoms with E-state index in [1.807, 2.05) is 0 Å². The molecular weight excluding hydrogens is 394 g/mol. The standard InChI is InChI=1S/C16H21N3O6S2/c1-12-3-4-14(19-16(21)5-10-26(19,22)23)11-15(12)27(24,25)18-8-6-17(7-9-18)13(2)20/h3-4,11H,5-10H2,1-2H3. The number of carbonyl (C=O) groups is 2. The number of nitrogens with zero attached hydrogens (tertiary/aromatic N) is 3. The van der Waals surface area contributed by atoms with Crippen LogP contribution in [0.4, 0.5) is 5.69 Å². The predicted molar refractivity (Wildman–Crippen MR) is 98.1 cm³/mol. The highest BCUT2D eigenvalue weighted by molar-refractivity contribution is 7.94. The maximum atomic E-state index is 13.1. The van der Waals surface area contributed by atoms with E-state index in [4.69, 9.17) is 0 Å². The number of rotatable bonds is 3. The van der Waals surface area contributed by atoms with E-state index in [0.29, 0.717) is 23.0 Å². The molecule has 11 heteroatoms. The van der Waals surface area contributed by atoms with Crippen LogP contribution < -0.4 is 4.31 Å². The van der Waals surface area contributed by atoms with E-state index in [1.165, 1.54) is 29.4 Å². The van der Waals surface area contributed by atoms with E-state index >= 15 is 0 Å². The highest BCUT2D eigenvalue weighted by atomic mass is 32.2. The van der Waals surface area contributed by atoms with Gasteiger partial charge < -0.3 is 4.90 Å². The summed E-state index contributed by atoms with van der Waals surface area (Å²) in [5.74, 6) is -0.963. The Morgan fingerprint density at radius 1 is 1.11 bits per heavy atom. The zero-order valence-corrected chi connectivity index (χ0v) is 16.7. The zero-order chi connectivity index (χ0) is 20.0. The Balaban J connectivity index is 1.95. The fourth-order valence-electron chi connectivity index (χ4n) is 3.24. The molecule has 2 aliphatic heterocycles. The second-order valence-electron chi connectivity index (χ2n) is 6.58. The van der Waals surface area contributed by atoms with Crippen molar-refractivity contribution in [2.24, 2.45) is 0 Å². The SMILES string of the molecule is CC(=O)N1CCN(S(=O)(=O)c2cc(N3C(=O)CCS3(=O)=O)ccc2C)CC1. The number of piperazine rings is 1. The van der Waals surface area contributed by atoms with Crippen LogP contribution in [0.5, 0.6) is 0 Å². The number of aryl methyl sites for hydroxylation is 1. The molecule has 0 atom stereocenters. The van der Waals surface area contributed by atoms with Gasteiger partial charge in [-0.1, -0.05) is 6.07 Å². The van der Waals surface area contributed by atoms with Crippen molar-refractivity contribution in [3.05, 3.63) is 23.8 Å². The van der Waals surface area contributed by atoms with Crippen molar-refractivity contribution >= 4 is 37.5 Å². The lowest BCUT2D eigenvalue weighted by Gasteiger charge is -2.33. The molecule has 0 aliphatic carbocycles. The van der Waals surface area contributed by atoms with Gasteiger partial charge in [0.15, 0.2) is 0 Å². The second-order valence-corrected chi connectivity index (χ2v) is 10.4. The Morgan fingerprint density at radius 3 is 2.26 bits per heavy atom. The maximum absolute atomic E-state index is 13.1. The van der Waals surface area contributed by atoms with Crippen LogP contribution in [0.25, 0.3) is 0 Å². The Hall–Kier alpha value is -1.98. The molecule has 0 bridgehead atoms. The molecule has 3 rings (SSSR count). The van der Waals surface area contributed by atoms with Gasteiger partial charge in [0, 0.05) is 39.5 Å². The third-order valence-electron chi connectivity index (χ3n) is 4.79. The minimum atomic E-state index is -3.89. The number of hydrogen-bond acceptors (Lipinski definition) is 6. The molecule has 9 nitrogen and oxygen atoms in total. The van der Waals surface area contributed by atoms with Gasteiger partial charge in [0.2, 0.25) is 31.9 Å². The van der Waals surface area contributed by atoms with Crippen molar-refractivity contribution in [2.75, 3.05) is 36.2 Å². The van der Waals surface area contributed by atoms with Gasteiger partial charge >= 0.3 is 0 Å². The fourth-order valence-corrected chi connectivity index (χ4v) is 6.36. The van der Waals surface area contributed by atoms with Gasteiger partial charge in [0.25, 0.3) is 0 Å². The summed E-state index contributed by atoms with van der Waals surface area (Å²) < 4.78 is 52.3. The van der Waals surface area contributed by atoms with Gasteiger partial charge in [-0.05, 0) is 24.6 Å². The Bertz CT molecular complexity index is 995. The van der Waals surface area contributed by atoms with Crippen molar-refractivity contribution in [2.45, 2.75) is 25.2 Å². The van der Waals surface area contributed by atoms with Gasteiger partial charge in [-0.15, -0.1) is 0 Å². The van der Waals surface area contributed by atoms with Crippen LogP contribution >= 0.6 is 0 Å². The third-order valence-corrected chi connectivity index (χ3v) is 8.52. The predicted octanol–water partition coefficient (Wildman–Crippen LogP) is -0.0857. The molecule has 0 N–H and O–H groups in total. The second kappa shape index (κ2) is 6.88. The Morgan fingerprint density at radius 2 is 1.74 bits per heavy atom. The smallest absolute Gasteiger partial charge is 0.243 e. The fraction of sp³-hybridized carbons (Fsp3) is 0.500. The van der Waals surface area contributed by atoms with Crippen LogP contribution in [-0.2, 0) is 29.6 Å². The molecule has 0 saturated carbocycles. The lowest BCUT2D eigenvalue weighted by Crippen LogP contribution is -2.50. The molecule has 27 heavy (non-hydrogen) atoms. The van der Waals surface area contributed by atoms with E-state index < -0.39 is 26.0 Å². The summed E-state index contributed by atoms with van der Waals surface area (Å²) in [4.78, 5) is 25.0. The first kappa shape index (κ1) is 19.8.